The molecule has 0 saturated carbocycles. The first-order valence-corrected chi connectivity index (χ1v) is 6.51. The molecule has 104 valence electrons. The molecule has 1 rings (SSSR count). The maximum Gasteiger partial charge on any atom is 0.138 e. The van der Waals surface area contributed by atoms with Gasteiger partial charge in [0.25, 0.3) is 0 Å². The Morgan fingerprint density at radius 2 is 2.11 bits per heavy atom. The number of hydrogen-bond acceptors (Lipinski definition) is 4. The quantitative estimate of drug-likeness (QED) is 0.803. The van der Waals surface area contributed by atoms with Crippen molar-refractivity contribution in [2.24, 2.45) is 11.7 Å². The lowest BCUT2D eigenvalue weighted by atomic mass is 9.97. The van der Waals surface area contributed by atoms with Gasteiger partial charge in [-0.2, -0.15) is 5.10 Å². The lowest BCUT2D eigenvalue weighted by Gasteiger charge is -2.26. The monoisotopic (exact) mass is 254 g/mol. The lowest BCUT2D eigenvalue weighted by molar-refractivity contribution is 0.00999. The molecular weight excluding hydrogens is 228 g/mol. The molecule has 0 aliphatic heterocycles. The van der Waals surface area contributed by atoms with E-state index < -0.39 is 0 Å². The Kier molecular flexibility index (Phi) is 5.28. The van der Waals surface area contributed by atoms with E-state index in [1.807, 2.05) is 18.5 Å². The summed E-state index contributed by atoms with van der Waals surface area (Å²) >= 11 is 0. The molecule has 0 fully saturated rings. The van der Waals surface area contributed by atoms with Crippen LogP contribution in [-0.4, -0.2) is 33.5 Å². The predicted molar refractivity (Wildman–Crippen MR) is 72.2 cm³/mol. The normalized spacial score (nSPS) is 14.2. The van der Waals surface area contributed by atoms with Crippen molar-refractivity contribution in [3.05, 3.63) is 12.2 Å². The van der Waals surface area contributed by atoms with Crippen LogP contribution in [0.25, 0.3) is 0 Å². The average molecular weight is 254 g/mol. The van der Waals surface area contributed by atoms with Crippen molar-refractivity contribution in [1.82, 2.24) is 14.8 Å². The minimum atomic E-state index is -0.192. The third-order valence-electron chi connectivity index (χ3n) is 2.98. The molecule has 0 spiro atoms. The second kappa shape index (κ2) is 6.29. The molecule has 18 heavy (non-hydrogen) atoms. The maximum atomic E-state index is 6.17. The van der Waals surface area contributed by atoms with Crippen LogP contribution in [-0.2, 0) is 17.7 Å². The molecule has 0 saturated heterocycles. The Bertz CT molecular complexity index is 360. The maximum absolute atomic E-state index is 6.17. The number of nitrogens with zero attached hydrogens (tertiary/aromatic N) is 3. The highest BCUT2D eigenvalue weighted by Crippen LogP contribution is 2.16. The molecule has 1 atom stereocenters. The van der Waals surface area contributed by atoms with E-state index in [0.29, 0.717) is 5.92 Å². The number of hydrogen-bond donors (Lipinski definition) is 1. The van der Waals surface area contributed by atoms with Gasteiger partial charge in [0, 0.05) is 26.1 Å². The Hall–Kier alpha value is -0.940. The van der Waals surface area contributed by atoms with Crippen molar-refractivity contribution in [2.45, 2.75) is 58.7 Å². The summed E-state index contributed by atoms with van der Waals surface area (Å²) in [6.07, 6.45) is 3.14. The molecule has 1 aromatic rings. The molecule has 2 N–H and O–H groups in total. The van der Waals surface area contributed by atoms with Crippen LogP contribution in [0, 0.1) is 5.92 Å². The summed E-state index contributed by atoms with van der Waals surface area (Å²) in [7, 11) is 1.72. The van der Waals surface area contributed by atoms with E-state index >= 15 is 0 Å². The molecule has 5 nitrogen and oxygen atoms in total. The van der Waals surface area contributed by atoms with Crippen LogP contribution in [0.1, 0.15) is 39.9 Å². The number of ether oxygens (including phenoxy) is 1. The smallest absolute Gasteiger partial charge is 0.138 e. The zero-order valence-corrected chi connectivity index (χ0v) is 12.2. The summed E-state index contributed by atoms with van der Waals surface area (Å²) in [5.74, 6) is 1.51. The van der Waals surface area contributed by atoms with Crippen molar-refractivity contribution < 1.29 is 4.74 Å². The Balaban J connectivity index is 2.59. The second-order valence-corrected chi connectivity index (χ2v) is 5.88. The molecule has 0 aromatic carbocycles. The van der Waals surface area contributed by atoms with Crippen LogP contribution >= 0.6 is 0 Å². The van der Waals surface area contributed by atoms with Crippen molar-refractivity contribution >= 4 is 0 Å². The van der Waals surface area contributed by atoms with Crippen molar-refractivity contribution in [3.8, 4) is 0 Å². The Morgan fingerprint density at radius 3 is 2.67 bits per heavy atom. The molecule has 1 unspecified atom stereocenters. The largest absolute Gasteiger partial charge is 0.379 e. The summed E-state index contributed by atoms with van der Waals surface area (Å²) in [4.78, 5) is 4.30. The van der Waals surface area contributed by atoms with Gasteiger partial charge in [-0.15, -0.1) is 0 Å². The van der Waals surface area contributed by atoms with Crippen molar-refractivity contribution in [3.63, 3.8) is 0 Å². The van der Waals surface area contributed by atoms with Gasteiger partial charge < -0.3 is 10.5 Å². The summed E-state index contributed by atoms with van der Waals surface area (Å²) in [5, 5.41) is 4.24. The van der Waals surface area contributed by atoms with Crippen LogP contribution in [0.15, 0.2) is 6.33 Å². The topological polar surface area (TPSA) is 66.0 Å². The van der Waals surface area contributed by atoms with Gasteiger partial charge in [0.15, 0.2) is 0 Å². The number of nitrogens with two attached hydrogens (primary N) is 1. The summed E-state index contributed by atoms with van der Waals surface area (Å²) in [5.41, 5.74) is 5.97. The van der Waals surface area contributed by atoms with Gasteiger partial charge in [-0.1, -0.05) is 13.8 Å². The Labute approximate surface area is 110 Å². The van der Waals surface area contributed by atoms with Gasteiger partial charge in [0.1, 0.15) is 12.2 Å². The van der Waals surface area contributed by atoms with E-state index in [9.17, 15) is 0 Å². The van der Waals surface area contributed by atoms with Gasteiger partial charge >= 0.3 is 0 Å². The van der Waals surface area contributed by atoms with Crippen LogP contribution in [0.4, 0.5) is 0 Å². The standard InChI is InChI=1S/C13H26N4O/c1-10(2)8-17-12(15-9-16-17)6-11(14)7-13(3,4)18-5/h9-11H,6-8,14H2,1-5H3. The molecule has 0 bridgehead atoms. The zero-order valence-electron chi connectivity index (χ0n) is 12.2. The van der Waals surface area contributed by atoms with Crippen molar-refractivity contribution in [1.29, 1.82) is 0 Å². The third-order valence-corrected chi connectivity index (χ3v) is 2.98. The Morgan fingerprint density at radius 1 is 1.44 bits per heavy atom. The van der Waals surface area contributed by atoms with E-state index in [1.54, 1.807) is 13.4 Å². The van der Waals surface area contributed by atoms with Gasteiger partial charge in [-0.25, -0.2) is 9.67 Å². The highest BCUT2D eigenvalue weighted by molar-refractivity contribution is 4.91. The average Bonchev–Trinajstić information content (AvgIpc) is 2.64. The summed E-state index contributed by atoms with van der Waals surface area (Å²) in [6, 6.07) is 0.0371. The van der Waals surface area contributed by atoms with E-state index in [2.05, 4.69) is 23.9 Å². The predicted octanol–water partition coefficient (Wildman–Crippen LogP) is 1.62. The van der Waals surface area contributed by atoms with Gasteiger partial charge in [0.2, 0.25) is 0 Å². The first-order chi connectivity index (χ1) is 8.34. The van der Waals surface area contributed by atoms with E-state index in [0.717, 1.165) is 25.2 Å². The molecule has 1 aromatic heterocycles. The van der Waals surface area contributed by atoms with E-state index in [1.165, 1.54) is 0 Å². The minimum absolute atomic E-state index is 0.0371. The van der Waals surface area contributed by atoms with Crippen LogP contribution in [0.3, 0.4) is 0 Å². The molecule has 5 heteroatoms. The van der Waals surface area contributed by atoms with Crippen LogP contribution in [0.5, 0.6) is 0 Å². The second-order valence-electron chi connectivity index (χ2n) is 5.88. The highest BCUT2D eigenvalue weighted by atomic mass is 16.5. The number of rotatable bonds is 7. The van der Waals surface area contributed by atoms with E-state index in [-0.39, 0.29) is 11.6 Å². The van der Waals surface area contributed by atoms with Gasteiger partial charge in [0.05, 0.1) is 5.60 Å². The molecule has 0 amide bonds. The third kappa shape index (κ3) is 4.74. The summed E-state index contributed by atoms with van der Waals surface area (Å²) < 4.78 is 7.35. The zero-order chi connectivity index (χ0) is 13.8. The first kappa shape index (κ1) is 15.1. The number of methoxy groups -OCH3 is 1. The SMILES string of the molecule is COC(C)(C)CC(N)Cc1ncnn1CC(C)C. The van der Waals surface area contributed by atoms with Crippen LogP contribution in [0.2, 0.25) is 0 Å². The van der Waals surface area contributed by atoms with E-state index in [4.69, 9.17) is 10.5 Å². The fraction of sp³-hybridized carbons (Fsp3) is 0.846. The minimum Gasteiger partial charge on any atom is -0.379 e. The fourth-order valence-electron chi connectivity index (χ4n) is 1.97. The highest BCUT2D eigenvalue weighted by Gasteiger charge is 2.22. The van der Waals surface area contributed by atoms with Gasteiger partial charge in [-0.3, -0.25) is 0 Å². The molecule has 0 aliphatic carbocycles. The van der Waals surface area contributed by atoms with Crippen molar-refractivity contribution in [2.75, 3.05) is 7.11 Å². The fourth-order valence-corrected chi connectivity index (χ4v) is 1.97. The molecule has 0 radical (unpaired) electrons. The molecule has 1 heterocycles. The van der Waals surface area contributed by atoms with Crippen LogP contribution < -0.4 is 5.73 Å². The first-order valence-electron chi connectivity index (χ1n) is 6.51. The lowest BCUT2D eigenvalue weighted by Crippen LogP contribution is -2.35. The molecule has 0 aliphatic rings. The number of aromatic nitrogens is 3. The summed E-state index contributed by atoms with van der Waals surface area (Å²) in [6.45, 7) is 9.31. The van der Waals surface area contributed by atoms with Gasteiger partial charge in [-0.05, 0) is 26.2 Å². The molecular formula is C13H26N4O.